The third kappa shape index (κ3) is 3.21. The third-order valence-electron chi connectivity index (χ3n) is 6.17. The SMILES string of the molecule is C/C=C/C=C\CC/C=C/C(=O)O[C@H]1C[C@@H]2CC[C@@]1(C)C2(C)C. The van der Waals surface area contributed by atoms with Crippen molar-refractivity contribution in [3.05, 3.63) is 36.5 Å². The molecule has 2 saturated carbocycles. The lowest BCUT2D eigenvalue weighted by molar-refractivity contribution is -0.150. The number of ether oxygens (including phenoxy) is 1. The highest BCUT2D eigenvalue weighted by Gasteiger charge is 2.62. The molecule has 0 heterocycles. The average Bonchev–Trinajstić information content (AvgIpc) is 2.79. The van der Waals surface area contributed by atoms with E-state index in [1.165, 1.54) is 12.8 Å². The summed E-state index contributed by atoms with van der Waals surface area (Å²) in [5.74, 6) is 0.531. The van der Waals surface area contributed by atoms with Crippen molar-refractivity contribution in [1.29, 1.82) is 0 Å². The van der Waals surface area contributed by atoms with Gasteiger partial charge in [0.2, 0.25) is 0 Å². The Balaban J connectivity index is 1.79. The van der Waals surface area contributed by atoms with Gasteiger partial charge in [0, 0.05) is 11.5 Å². The van der Waals surface area contributed by atoms with E-state index >= 15 is 0 Å². The highest BCUT2D eigenvalue weighted by Crippen LogP contribution is 2.66. The van der Waals surface area contributed by atoms with Crippen molar-refractivity contribution in [1.82, 2.24) is 0 Å². The number of hydrogen-bond donors (Lipinski definition) is 0. The van der Waals surface area contributed by atoms with Crippen LogP contribution in [0.25, 0.3) is 0 Å². The largest absolute Gasteiger partial charge is 0.459 e. The van der Waals surface area contributed by atoms with Crippen molar-refractivity contribution in [3.63, 3.8) is 0 Å². The van der Waals surface area contributed by atoms with Gasteiger partial charge in [-0.2, -0.15) is 0 Å². The van der Waals surface area contributed by atoms with Crippen LogP contribution < -0.4 is 0 Å². The maximum atomic E-state index is 12.0. The molecule has 0 radical (unpaired) electrons. The zero-order chi connectivity index (χ0) is 16.2. The third-order valence-corrected chi connectivity index (χ3v) is 6.17. The molecule has 0 aliphatic heterocycles. The molecule has 0 aromatic rings. The summed E-state index contributed by atoms with van der Waals surface area (Å²) >= 11 is 0. The molecule has 122 valence electrons. The monoisotopic (exact) mass is 302 g/mol. The quantitative estimate of drug-likeness (QED) is 0.291. The second-order valence-electron chi connectivity index (χ2n) is 7.47. The molecule has 0 N–H and O–H groups in total. The molecule has 22 heavy (non-hydrogen) atoms. The van der Waals surface area contributed by atoms with E-state index in [0.29, 0.717) is 11.3 Å². The number of unbranched alkanes of at least 4 members (excludes halogenated alkanes) is 1. The molecular weight excluding hydrogens is 272 g/mol. The second kappa shape index (κ2) is 6.85. The Morgan fingerprint density at radius 1 is 1.18 bits per heavy atom. The van der Waals surface area contributed by atoms with Gasteiger partial charge in [-0.05, 0) is 50.4 Å². The molecule has 0 unspecified atom stereocenters. The fourth-order valence-corrected chi connectivity index (χ4v) is 4.15. The molecule has 2 bridgehead atoms. The summed E-state index contributed by atoms with van der Waals surface area (Å²) in [6.45, 7) is 8.97. The summed E-state index contributed by atoms with van der Waals surface area (Å²) in [4.78, 5) is 12.0. The average molecular weight is 302 g/mol. The first-order valence-corrected chi connectivity index (χ1v) is 8.57. The Morgan fingerprint density at radius 3 is 2.50 bits per heavy atom. The van der Waals surface area contributed by atoms with Crippen LogP contribution in [0.5, 0.6) is 0 Å². The Hall–Kier alpha value is -1.31. The van der Waals surface area contributed by atoms with Crippen molar-refractivity contribution < 1.29 is 9.53 Å². The maximum Gasteiger partial charge on any atom is 0.330 e. The lowest BCUT2D eigenvalue weighted by Crippen LogP contribution is -2.38. The Morgan fingerprint density at radius 2 is 1.91 bits per heavy atom. The second-order valence-corrected chi connectivity index (χ2v) is 7.47. The lowest BCUT2D eigenvalue weighted by Gasteiger charge is -2.38. The van der Waals surface area contributed by atoms with Gasteiger partial charge in [-0.3, -0.25) is 0 Å². The summed E-state index contributed by atoms with van der Waals surface area (Å²) in [6.07, 6.45) is 17.1. The zero-order valence-corrected chi connectivity index (χ0v) is 14.5. The van der Waals surface area contributed by atoms with E-state index in [0.717, 1.165) is 19.3 Å². The van der Waals surface area contributed by atoms with Crippen molar-refractivity contribution >= 4 is 5.97 Å². The topological polar surface area (TPSA) is 26.3 Å². The molecule has 2 rings (SSSR count). The molecule has 0 amide bonds. The van der Waals surface area contributed by atoms with Gasteiger partial charge in [0.25, 0.3) is 0 Å². The van der Waals surface area contributed by atoms with Crippen LogP contribution in [0.2, 0.25) is 0 Å². The number of esters is 1. The summed E-state index contributed by atoms with van der Waals surface area (Å²) in [6, 6.07) is 0. The van der Waals surface area contributed by atoms with Crippen LogP contribution in [-0.4, -0.2) is 12.1 Å². The number of allylic oxidation sites excluding steroid dienone is 5. The van der Waals surface area contributed by atoms with Crippen LogP contribution in [0.15, 0.2) is 36.5 Å². The van der Waals surface area contributed by atoms with Crippen LogP contribution >= 0.6 is 0 Å². The zero-order valence-electron chi connectivity index (χ0n) is 14.5. The first-order valence-electron chi connectivity index (χ1n) is 8.57. The predicted molar refractivity (Wildman–Crippen MR) is 91.4 cm³/mol. The minimum absolute atomic E-state index is 0.0907. The standard InChI is InChI=1S/C20H30O2/c1-5-6-7-8-9-10-11-12-18(21)22-17-15-16-13-14-20(17,4)19(16,2)3/h5-8,11-12,16-17H,9-10,13-15H2,1-4H3/b6-5+,8-7-,12-11+/t16-,17-,20+/m0/s1. The molecular formula is C20H30O2. The minimum Gasteiger partial charge on any atom is -0.459 e. The van der Waals surface area contributed by atoms with E-state index < -0.39 is 0 Å². The summed E-state index contributed by atoms with van der Waals surface area (Å²) < 4.78 is 5.77. The van der Waals surface area contributed by atoms with Gasteiger partial charge in [0.15, 0.2) is 0 Å². The smallest absolute Gasteiger partial charge is 0.330 e. The Labute approximate surface area is 135 Å². The van der Waals surface area contributed by atoms with Crippen LogP contribution in [0, 0.1) is 16.7 Å². The normalized spacial score (nSPS) is 33.5. The first kappa shape index (κ1) is 17.1. The van der Waals surface area contributed by atoms with Crippen LogP contribution in [0.4, 0.5) is 0 Å². The van der Waals surface area contributed by atoms with E-state index in [1.54, 1.807) is 6.08 Å². The minimum atomic E-state index is -0.174. The van der Waals surface area contributed by atoms with E-state index in [1.807, 2.05) is 31.2 Å². The molecule has 0 aromatic heterocycles. The molecule has 0 aromatic carbocycles. The highest BCUT2D eigenvalue weighted by molar-refractivity contribution is 5.82. The van der Waals surface area contributed by atoms with Crippen molar-refractivity contribution in [2.75, 3.05) is 0 Å². The number of rotatable bonds is 6. The maximum absolute atomic E-state index is 12.0. The van der Waals surface area contributed by atoms with Gasteiger partial charge in [0.05, 0.1) is 0 Å². The van der Waals surface area contributed by atoms with Gasteiger partial charge in [-0.15, -0.1) is 0 Å². The fourth-order valence-electron chi connectivity index (χ4n) is 4.15. The molecule has 0 spiro atoms. The molecule has 3 atom stereocenters. The van der Waals surface area contributed by atoms with Crippen molar-refractivity contribution in [2.45, 2.75) is 65.9 Å². The molecule has 2 heteroatoms. The van der Waals surface area contributed by atoms with Gasteiger partial charge in [0.1, 0.15) is 6.10 Å². The van der Waals surface area contributed by atoms with Crippen molar-refractivity contribution in [2.24, 2.45) is 16.7 Å². The van der Waals surface area contributed by atoms with E-state index in [-0.39, 0.29) is 17.5 Å². The summed E-state index contributed by atoms with van der Waals surface area (Å²) in [7, 11) is 0. The number of carbonyl (C=O) groups excluding carboxylic acids is 1. The Bertz CT molecular complexity index is 484. The van der Waals surface area contributed by atoms with Crippen LogP contribution in [-0.2, 0) is 9.53 Å². The van der Waals surface area contributed by atoms with Crippen LogP contribution in [0.3, 0.4) is 0 Å². The molecule has 2 nitrogen and oxygen atoms in total. The lowest BCUT2D eigenvalue weighted by atomic mass is 9.70. The molecule has 2 aliphatic rings. The molecule has 2 fully saturated rings. The first-order chi connectivity index (χ1) is 10.4. The number of hydrogen-bond acceptors (Lipinski definition) is 2. The molecule has 2 aliphatic carbocycles. The van der Waals surface area contributed by atoms with E-state index in [2.05, 4.69) is 26.8 Å². The van der Waals surface area contributed by atoms with Crippen molar-refractivity contribution in [3.8, 4) is 0 Å². The van der Waals surface area contributed by atoms with Gasteiger partial charge < -0.3 is 4.74 Å². The van der Waals surface area contributed by atoms with E-state index in [9.17, 15) is 4.79 Å². The van der Waals surface area contributed by atoms with Gasteiger partial charge in [-0.1, -0.05) is 51.2 Å². The number of carbonyl (C=O) groups is 1. The summed E-state index contributed by atoms with van der Waals surface area (Å²) in [5.41, 5.74) is 0.440. The number of fused-ring (bicyclic) bond motifs is 2. The fraction of sp³-hybridized carbons (Fsp3) is 0.650. The molecule has 0 saturated heterocycles. The van der Waals surface area contributed by atoms with Gasteiger partial charge >= 0.3 is 5.97 Å². The predicted octanol–water partition coefficient (Wildman–Crippen LogP) is 5.21. The van der Waals surface area contributed by atoms with E-state index in [4.69, 9.17) is 4.74 Å². The highest BCUT2D eigenvalue weighted by atomic mass is 16.5. The van der Waals surface area contributed by atoms with Crippen LogP contribution in [0.1, 0.15) is 59.8 Å². The summed E-state index contributed by atoms with van der Waals surface area (Å²) in [5, 5.41) is 0. The Kier molecular flexibility index (Phi) is 5.31. The van der Waals surface area contributed by atoms with Gasteiger partial charge in [-0.25, -0.2) is 4.79 Å².